The molecule has 0 bridgehead atoms. The van der Waals surface area contributed by atoms with Crippen molar-refractivity contribution in [1.29, 1.82) is 0 Å². The zero-order valence-corrected chi connectivity index (χ0v) is 21.4. The number of amides is 1. The van der Waals surface area contributed by atoms with Crippen molar-refractivity contribution in [2.75, 3.05) is 6.61 Å². The van der Waals surface area contributed by atoms with Crippen LogP contribution in [0.15, 0.2) is 17.4 Å². The second-order valence-electron chi connectivity index (χ2n) is 10.2. The first-order valence-corrected chi connectivity index (χ1v) is 14.6. The Morgan fingerprint density at radius 3 is 2.61 bits per heavy atom. The first-order chi connectivity index (χ1) is 15.3. The number of Topliss-reactive ketones (excluding diaryl/α,β-unsaturated/α-hetero) is 1. The predicted octanol–water partition coefficient (Wildman–Crippen LogP) is 3.01. The standard InChI is InChI=1S/C22H29N3O6SSi/c1-11(26)16-13-7-12(18(21(29)30)25(13)19(16)28)14-9-32-20-17(23-10-24(14)20)15(27)8-31-33(5,6)22(2,3)4/h9-11,13,16,26H,7-8H2,1-6H3,(H,29,30)/t11-,13-,16-/m1/s1. The molecule has 4 rings (SSSR count). The summed E-state index contributed by atoms with van der Waals surface area (Å²) in [7, 11) is -2.10. The van der Waals surface area contributed by atoms with Crippen LogP contribution in [0.5, 0.6) is 0 Å². The zero-order valence-electron chi connectivity index (χ0n) is 19.6. The molecule has 0 saturated carbocycles. The molecule has 2 aromatic rings. The number of fused-ring (bicyclic) bond motifs is 2. The molecule has 9 nitrogen and oxygen atoms in total. The second kappa shape index (κ2) is 7.86. The quantitative estimate of drug-likeness (QED) is 0.347. The molecule has 4 heterocycles. The number of ketones is 1. The van der Waals surface area contributed by atoms with Crippen LogP contribution in [0, 0.1) is 5.92 Å². The van der Waals surface area contributed by atoms with E-state index >= 15 is 0 Å². The molecule has 1 amide bonds. The summed E-state index contributed by atoms with van der Waals surface area (Å²) in [5, 5.41) is 21.5. The summed E-state index contributed by atoms with van der Waals surface area (Å²) in [5.74, 6) is -2.40. The van der Waals surface area contributed by atoms with Crippen LogP contribution in [0.1, 0.15) is 50.3 Å². The van der Waals surface area contributed by atoms with E-state index in [9.17, 15) is 24.6 Å². The number of β-lactam (4-membered cyclic amide) rings is 1. The Morgan fingerprint density at radius 1 is 1.36 bits per heavy atom. The fraction of sp³-hybridized carbons (Fsp3) is 0.545. The number of rotatable bonds is 7. The minimum atomic E-state index is -2.10. The van der Waals surface area contributed by atoms with Crippen LogP contribution in [0.3, 0.4) is 0 Å². The molecule has 0 aromatic carbocycles. The van der Waals surface area contributed by atoms with E-state index in [1.165, 1.54) is 22.6 Å². The minimum absolute atomic E-state index is 0.0227. The summed E-state index contributed by atoms with van der Waals surface area (Å²) in [6, 6.07) is -0.379. The molecule has 33 heavy (non-hydrogen) atoms. The van der Waals surface area contributed by atoms with Gasteiger partial charge < -0.3 is 19.5 Å². The van der Waals surface area contributed by atoms with Gasteiger partial charge in [-0.2, -0.15) is 0 Å². The van der Waals surface area contributed by atoms with Gasteiger partial charge in [0.2, 0.25) is 11.7 Å². The van der Waals surface area contributed by atoms with Gasteiger partial charge in [-0.25, -0.2) is 9.78 Å². The van der Waals surface area contributed by atoms with Gasteiger partial charge in [0.25, 0.3) is 0 Å². The Balaban J connectivity index is 1.64. The summed E-state index contributed by atoms with van der Waals surface area (Å²) in [4.78, 5) is 43.6. The Bertz CT molecular complexity index is 1190. The van der Waals surface area contributed by atoms with Crippen molar-refractivity contribution in [3.63, 3.8) is 0 Å². The number of carboxylic acids is 1. The second-order valence-corrected chi connectivity index (χ2v) is 15.9. The lowest BCUT2D eigenvalue weighted by Crippen LogP contribution is -2.61. The molecule has 178 valence electrons. The van der Waals surface area contributed by atoms with E-state index in [4.69, 9.17) is 4.43 Å². The van der Waals surface area contributed by atoms with E-state index in [0.717, 1.165) is 0 Å². The maximum atomic E-state index is 12.9. The normalized spacial score (nSPS) is 22.0. The molecule has 0 radical (unpaired) electrons. The predicted molar refractivity (Wildman–Crippen MR) is 126 cm³/mol. The number of aromatic nitrogens is 2. The maximum absolute atomic E-state index is 12.9. The van der Waals surface area contributed by atoms with Crippen LogP contribution >= 0.6 is 11.3 Å². The van der Waals surface area contributed by atoms with E-state index in [1.807, 2.05) is 0 Å². The topological polar surface area (TPSA) is 121 Å². The van der Waals surface area contributed by atoms with Crippen LogP contribution in [0.4, 0.5) is 0 Å². The summed E-state index contributed by atoms with van der Waals surface area (Å²) in [6.07, 6.45) is 0.982. The average Bonchev–Trinajstić information content (AvgIpc) is 3.36. The monoisotopic (exact) mass is 491 g/mol. The SMILES string of the molecule is C[C@@H](O)[C@H]1C(=O)N2C(C(=O)O)=C(c3csc4c(C(=O)CO[Si](C)(C)C(C)(C)C)ncn34)C[C@H]12. The van der Waals surface area contributed by atoms with Crippen molar-refractivity contribution in [2.24, 2.45) is 5.92 Å². The van der Waals surface area contributed by atoms with Gasteiger partial charge in [-0.15, -0.1) is 11.3 Å². The first-order valence-electron chi connectivity index (χ1n) is 10.9. The number of aliphatic hydroxyl groups is 1. The van der Waals surface area contributed by atoms with E-state index < -0.39 is 26.3 Å². The number of hydrogen-bond donors (Lipinski definition) is 2. The Morgan fingerprint density at radius 2 is 2.03 bits per heavy atom. The van der Waals surface area contributed by atoms with Gasteiger partial charge in [0.15, 0.2) is 8.32 Å². The Labute approximate surface area is 196 Å². The van der Waals surface area contributed by atoms with Crippen molar-refractivity contribution in [3.8, 4) is 0 Å². The van der Waals surface area contributed by atoms with Gasteiger partial charge in [0.05, 0.1) is 30.4 Å². The van der Waals surface area contributed by atoms with Crippen molar-refractivity contribution in [3.05, 3.63) is 28.8 Å². The van der Waals surface area contributed by atoms with Gasteiger partial charge in [0.1, 0.15) is 22.5 Å². The highest BCUT2D eigenvalue weighted by atomic mass is 32.1. The van der Waals surface area contributed by atoms with E-state index in [1.54, 1.807) is 16.7 Å². The highest BCUT2D eigenvalue weighted by molar-refractivity contribution is 7.16. The van der Waals surface area contributed by atoms with Crippen LogP contribution in [0.25, 0.3) is 10.4 Å². The third-order valence-corrected chi connectivity index (χ3v) is 12.6. The van der Waals surface area contributed by atoms with E-state index in [-0.39, 0.29) is 35.1 Å². The van der Waals surface area contributed by atoms with Gasteiger partial charge in [-0.3, -0.25) is 14.0 Å². The fourth-order valence-electron chi connectivity index (χ4n) is 4.23. The third kappa shape index (κ3) is 3.67. The summed E-state index contributed by atoms with van der Waals surface area (Å²) < 4.78 is 7.76. The lowest BCUT2D eigenvalue weighted by Gasteiger charge is -2.44. The molecule has 0 unspecified atom stereocenters. The lowest BCUT2D eigenvalue weighted by atomic mass is 9.83. The molecule has 1 fully saturated rings. The largest absolute Gasteiger partial charge is 0.477 e. The van der Waals surface area contributed by atoms with Crippen molar-refractivity contribution >= 4 is 47.7 Å². The molecule has 2 aliphatic rings. The zero-order chi connectivity index (χ0) is 24.5. The Kier molecular flexibility index (Phi) is 5.67. The van der Waals surface area contributed by atoms with Gasteiger partial charge in [0, 0.05) is 11.0 Å². The summed E-state index contributed by atoms with van der Waals surface area (Å²) in [6.45, 7) is 12.0. The smallest absolute Gasteiger partial charge is 0.352 e. The highest BCUT2D eigenvalue weighted by Gasteiger charge is 2.57. The van der Waals surface area contributed by atoms with E-state index in [2.05, 4.69) is 38.8 Å². The summed E-state index contributed by atoms with van der Waals surface area (Å²) >= 11 is 1.30. The van der Waals surface area contributed by atoms with Gasteiger partial charge in [-0.1, -0.05) is 20.8 Å². The number of thiazole rings is 1. The lowest BCUT2D eigenvalue weighted by molar-refractivity contribution is -0.161. The van der Waals surface area contributed by atoms with Crippen molar-refractivity contribution in [2.45, 2.75) is 64.4 Å². The number of nitrogens with zero attached hydrogens (tertiary/aromatic N) is 3. The van der Waals surface area contributed by atoms with E-state index in [0.29, 0.717) is 28.2 Å². The third-order valence-electron chi connectivity index (χ3n) is 7.14. The molecule has 0 aliphatic carbocycles. The van der Waals surface area contributed by atoms with Crippen molar-refractivity contribution in [1.82, 2.24) is 14.3 Å². The van der Waals surface area contributed by atoms with Gasteiger partial charge >= 0.3 is 5.97 Å². The number of carbonyl (C=O) groups is 3. The maximum Gasteiger partial charge on any atom is 0.352 e. The highest BCUT2D eigenvalue weighted by Crippen LogP contribution is 2.47. The molecule has 2 N–H and O–H groups in total. The first kappa shape index (κ1) is 23.8. The van der Waals surface area contributed by atoms with Crippen molar-refractivity contribution < 1.29 is 29.0 Å². The number of aliphatic carboxylic acids is 1. The molecule has 1 saturated heterocycles. The molecule has 3 atom stereocenters. The molecular weight excluding hydrogens is 462 g/mol. The molecule has 0 spiro atoms. The molecule has 11 heteroatoms. The number of aliphatic hydroxyl groups excluding tert-OH is 1. The Hall–Kier alpha value is -2.34. The molecular formula is C22H29N3O6SSi. The number of hydrogen-bond acceptors (Lipinski definition) is 7. The average molecular weight is 492 g/mol. The number of carbonyl (C=O) groups excluding carboxylic acids is 2. The summed E-state index contributed by atoms with van der Waals surface area (Å²) in [5.41, 5.74) is 1.33. The minimum Gasteiger partial charge on any atom is -0.477 e. The fourth-order valence-corrected chi connectivity index (χ4v) is 6.17. The van der Waals surface area contributed by atoms with Crippen LogP contribution in [-0.4, -0.2) is 69.2 Å². The molecule has 2 aromatic heterocycles. The van der Waals surface area contributed by atoms with Gasteiger partial charge in [-0.05, 0) is 31.5 Å². The van der Waals surface area contributed by atoms with Crippen LogP contribution in [-0.2, 0) is 14.0 Å². The number of carboxylic acid groups (broad SMARTS) is 1. The van der Waals surface area contributed by atoms with Crippen LogP contribution in [0.2, 0.25) is 18.1 Å². The molecule has 2 aliphatic heterocycles. The van der Waals surface area contributed by atoms with Crippen LogP contribution < -0.4 is 0 Å². The number of imidazole rings is 1.